The second-order valence-electron chi connectivity index (χ2n) is 3.63. The maximum Gasteiger partial charge on any atom is -0.00158 e. The van der Waals surface area contributed by atoms with Gasteiger partial charge in [-0.1, -0.05) is 26.3 Å². The van der Waals surface area contributed by atoms with Gasteiger partial charge in [-0.3, -0.25) is 0 Å². The SMILES string of the molecule is C=CCCCN(CCC)CCCC. The van der Waals surface area contributed by atoms with Crippen molar-refractivity contribution in [1.29, 1.82) is 0 Å². The maximum atomic E-state index is 3.75. The zero-order valence-electron chi connectivity index (χ0n) is 9.39. The molecule has 0 fully saturated rings. The van der Waals surface area contributed by atoms with E-state index in [0.29, 0.717) is 0 Å². The molecule has 0 aromatic carbocycles. The fourth-order valence-corrected chi connectivity index (χ4v) is 1.49. The van der Waals surface area contributed by atoms with Crippen LogP contribution in [0.4, 0.5) is 0 Å². The van der Waals surface area contributed by atoms with Crippen LogP contribution in [0.15, 0.2) is 12.7 Å². The summed E-state index contributed by atoms with van der Waals surface area (Å²) in [6.07, 6.45) is 8.37. The molecule has 13 heavy (non-hydrogen) atoms. The van der Waals surface area contributed by atoms with Crippen LogP contribution in [0.1, 0.15) is 46.0 Å². The van der Waals surface area contributed by atoms with E-state index in [2.05, 4.69) is 25.3 Å². The highest BCUT2D eigenvalue weighted by Gasteiger charge is 2.01. The van der Waals surface area contributed by atoms with Gasteiger partial charge in [0, 0.05) is 0 Å². The van der Waals surface area contributed by atoms with Gasteiger partial charge in [-0.25, -0.2) is 0 Å². The van der Waals surface area contributed by atoms with Crippen molar-refractivity contribution in [3.05, 3.63) is 12.7 Å². The van der Waals surface area contributed by atoms with Crippen molar-refractivity contribution in [2.45, 2.75) is 46.0 Å². The molecule has 0 aromatic rings. The van der Waals surface area contributed by atoms with E-state index >= 15 is 0 Å². The van der Waals surface area contributed by atoms with E-state index in [0.717, 1.165) is 6.42 Å². The second-order valence-corrected chi connectivity index (χ2v) is 3.63. The summed E-state index contributed by atoms with van der Waals surface area (Å²) in [6.45, 7) is 12.1. The van der Waals surface area contributed by atoms with Crippen LogP contribution in [-0.4, -0.2) is 24.5 Å². The number of allylic oxidation sites excluding steroid dienone is 1. The zero-order valence-corrected chi connectivity index (χ0v) is 9.39. The fourth-order valence-electron chi connectivity index (χ4n) is 1.49. The number of hydrogen-bond acceptors (Lipinski definition) is 1. The molecule has 0 aromatic heterocycles. The average Bonchev–Trinajstić information content (AvgIpc) is 2.14. The van der Waals surface area contributed by atoms with Crippen LogP contribution in [-0.2, 0) is 0 Å². The minimum Gasteiger partial charge on any atom is -0.303 e. The highest BCUT2D eigenvalue weighted by molar-refractivity contribution is 4.67. The summed E-state index contributed by atoms with van der Waals surface area (Å²) in [6, 6.07) is 0. The lowest BCUT2D eigenvalue weighted by atomic mass is 10.2. The van der Waals surface area contributed by atoms with Gasteiger partial charge in [0.05, 0.1) is 0 Å². The van der Waals surface area contributed by atoms with E-state index in [9.17, 15) is 0 Å². The lowest BCUT2D eigenvalue weighted by Crippen LogP contribution is -2.26. The van der Waals surface area contributed by atoms with Crippen molar-refractivity contribution in [3.8, 4) is 0 Å². The fraction of sp³-hybridized carbons (Fsp3) is 0.833. The predicted molar refractivity (Wildman–Crippen MR) is 61.1 cm³/mol. The van der Waals surface area contributed by atoms with Gasteiger partial charge < -0.3 is 4.90 Å². The quantitative estimate of drug-likeness (QED) is 0.391. The molecule has 0 spiro atoms. The Bertz CT molecular complexity index is 110. The van der Waals surface area contributed by atoms with Crippen LogP contribution in [0.3, 0.4) is 0 Å². The molecule has 0 radical (unpaired) electrons. The summed E-state index contributed by atoms with van der Waals surface area (Å²) >= 11 is 0. The molecule has 1 heteroatoms. The summed E-state index contributed by atoms with van der Waals surface area (Å²) in [5, 5.41) is 0. The number of nitrogens with zero attached hydrogens (tertiary/aromatic N) is 1. The van der Waals surface area contributed by atoms with Crippen LogP contribution < -0.4 is 0 Å². The molecule has 0 heterocycles. The van der Waals surface area contributed by atoms with Gasteiger partial charge >= 0.3 is 0 Å². The van der Waals surface area contributed by atoms with E-state index in [1.807, 2.05) is 6.08 Å². The smallest absolute Gasteiger partial charge is 0.00158 e. The van der Waals surface area contributed by atoms with Crippen molar-refractivity contribution < 1.29 is 0 Å². The Morgan fingerprint density at radius 1 is 1.00 bits per heavy atom. The molecular formula is C12H25N. The minimum absolute atomic E-state index is 1.16. The number of hydrogen-bond donors (Lipinski definition) is 0. The molecule has 0 aliphatic carbocycles. The van der Waals surface area contributed by atoms with Gasteiger partial charge in [0.1, 0.15) is 0 Å². The van der Waals surface area contributed by atoms with E-state index in [-0.39, 0.29) is 0 Å². The Balaban J connectivity index is 3.46. The number of rotatable bonds is 9. The molecule has 0 saturated heterocycles. The summed E-state index contributed by atoms with van der Waals surface area (Å²) in [5.74, 6) is 0. The van der Waals surface area contributed by atoms with Crippen molar-refractivity contribution >= 4 is 0 Å². The van der Waals surface area contributed by atoms with Crippen molar-refractivity contribution in [2.75, 3.05) is 19.6 Å². The number of unbranched alkanes of at least 4 members (excludes halogenated alkanes) is 2. The van der Waals surface area contributed by atoms with Crippen LogP contribution in [0, 0.1) is 0 Å². The van der Waals surface area contributed by atoms with Crippen molar-refractivity contribution in [1.82, 2.24) is 4.90 Å². The standard InChI is InChI=1S/C12H25N/c1-4-7-9-12-13(10-6-3)11-8-5-2/h4H,1,5-12H2,2-3H3. The molecule has 0 aliphatic rings. The van der Waals surface area contributed by atoms with Gasteiger partial charge in [0.25, 0.3) is 0 Å². The third kappa shape index (κ3) is 8.04. The van der Waals surface area contributed by atoms with Gasteiger partial charge in [-0.05, 0) is 45.3 Å². The molecule has 0 bridgehead atoms. The highest BCUT2D eigenvalue weighted by Crippen LogP contribution is 2.00. The van der Waals surface area contributed by atoms with E-state index in [4.69, 9.17) is 0 Å². The lowest BCUT2D eigenvalue weighted by molar-refractivity contribution is 0.267. The van der Waals surface area contributed by atoms with Gasteiger partial charge in [0.2, 0.25) is 0 Å². The molecule has 0 N–H and O–H groups in total. The Labute approximate surface area is 83.8 Å². The maximum absolute atomic E-state index is 3.75. The first-order chi connectivity index (χ1) is 6.35. The Morgan fingerprint density at radius 2 is 1.69 bits per heavy atom. The first-order valence-electron chi connectivity index (χ1n) is 5.68. The third-order valence-corrected chi connectivity index (χ3v) is 2.25. The van der Waals surface area contributed by atoms with Crippen LogP contribution >= 0.6 is 0 Å². The molecular weight excluding hydrogens is 158 g/mol. The van der Waals surface area contributed by atoms with E-state index in [1.54, 1.807) is 0 Å². The van der Waals surface area contributed by atoms with Crippen LogP contribution in [0.5, 0.6) is 0 Å². The highest BCUT2D eigenvalue weighted by atomic mass is 15.1. The largest absolute Gasteiger partial charge is 0.303 e. The van der Waals surface area contributed by atoms with E-state index < -0.39 is 0 Å². The molecule has 0 amide bonds. The lowest BCUT2D eigenvalue weighted by Gasteiger charge is -2.20. The Morgan fingerprint density at radius 3 is 2.23 bits per heavy atom. The molecule has 0 unspecified atom stereocenters. The van der Waals surface area contributed by atoms with Gasteiger partial charge in [0.15, 0.2) is 0 Å². The van der Waals surface area contributed by atoms with E-state index in [1.165, 1.54) is 45.3 Å². The minimum atomic E-state index is 1.16. The molecule has 0 saturated carbocycles. The normalized spacial score (nSPS) is 10.7. The van der Waals surface area contributed by atoms with Crippen molar-refractivity contribution in [3.63, 3.8) is 0 Å². The molecule has 78 valence electrons. The average molecular weight is 183 g/mol. The summed E-state index contributed by atoms with van der Waals surface area (Å²) in [7, 11) is 0. The van der Waals surface area contributed by atoms with Crippen molar-refractivity contribution in [2.24, 2.45) is 0 Å². The molecule has 0 atom stereocenters. The predicted octanol–water partition coefficient (Wildman–Crippen LogP) is 3.46. The van der Waals surface area contributed by atoms with Gasteiger partial charge in [-0.2, -0.15) is 0 Å². The Hall–Kier alpha value is -0.300. The third-order valence-electron chi connectivity index (χ3n) is 2.25. The first kappa shape index (κ1) is 12.7. The monoisotopic (exact) mass is 183 g/mol. The molecule has 0 rings (SSSR count). The summed E-state index contributed by atoms with van der Waals surface area (Å²) < 4.78 is 0. The van der Waals surface area contributed by atoms with Crippen LogP contribution in [0.2, 0.25) is 0 Å². The zero-order chi connectivity index (χ0) is 9.94. The first-order valence-corrected chi connectivity index (χ1v) is 5.68. The van der Waals surface area contributed by atoms with Gasteiger partial charge in [-0.15, -0.1) is 6.58 Å². The summed E-state index contributed by atoms with van der Waals surface area (Å²) in [5.41, 5.74) is 0. The molecule has 0 aliphatic heterocycles. The summed E-state index contributed by atoms with van der Waals surface area (Å²) in [4.78, 5) is 2.58. The molecule has 1 nitrogen and oxygen atoms in total. The topological polar surface area (TPSA) is 3.24 Å². The second kappa shape index (κ2) is 9.79. The Kier molecular flexibility index (Phi) is 9.56. The van der Waals surface area contributed by atoms with Crippen LogP contribution in [0.25, 0.3) is 0 Å².